The first-order valence-electron chi connectivity index (χ1n) is 2.40. The molecule has 0 amide bonds. The lowest BCUT2D eigenvalue weighted by Gasteiger charge is -1.95. The molecule has 1 nitrogen and oxygen atoms in total. The fourth-order valence-electron chi connectivity index (χ4n) is 0.255. The van der Waals surface area contributed by atoms with Crippen molar-refractivity contribution in [2.45, 2.75) is 10.8 Å². The summed E-state index contributed by atoms with van der Waals surface area (Å²) in [5, 5.41) is 0. The summed E-state index contributed by atoms with van der Waals surface area (Å²) in [4.78, 5) is 9.86. The zero-order valence-electron chi connectivity index (χ0n) is 4.69. The maximum atomic E-state index is 9.86. The van der Waals surface area contributed by atoms with Crippen LogP contribution in [0.4, 0.5) is 0 Å². The Hall–Kier alpha value is 0.750. The Kier molecular flexibility index (Phi) is 6.43. The molecule has 47 valence electrons. The minimum atomic E-state index is 0.0811. The van der Waals surface area contributed by atoms with Crippen LogP contribution >= 0.6 is 34.4 Å². The molecule has 0 aromatic rings. The van der Waals surface area contributed by atoms with Crippen LogP contribution in [0.1, 0.15) is 6.92 Å². The van der Waals surface area contributed by atoms with Crippen molar-refractivity contribution in [3.05, 3.63) is 0 Å². The van der Waals surface area contributed by atoms with Gasteiger partial charge in [0.25, 0.3) is 0 Å². The summed E-state index contributed by atoms with van der Waals surface area (Å²) in [5.41, 5.74) is 0. The average Bonchev–Trinajstić information content (AvgIpc) is 1.83. The van der Waals surface area contributed by atoms with E-state index >= 15 is 0 Å². The summed E-state index contributed by atoms with van der Waals surface area (Å²) in [6.45, 7) is 2.08. The minimum Gasteiger partial charge on any atom is -0.290 e. The third-order valence-electron chi connectivity index (χ3n) is 0.596. The van der Waals surface area contributed by atoms with E-state index in [1.165, 1.54) is 0 Å². The molecule has 0 fully saturated rings. The summed E-state index contributed by atoms with van der Waals surface area (Å²) in [6.07, 6.45) is 1.92. The van der Waals surface area contributed by atoms with Crippen molar-refractivity contribution < 1.29 is 4.79 Å². The van der Waals surface area contributed by atoms with E-state index in [9.17, 15) is 4.79 Å². The van der Waals surface area contributed by atoms with Gasteiger partial charge in [0.2, 0.25) is 6.29 Å². The highest BCUT2D eigenvalue weighted by atomic mass is 127. The first kappa shape index (κ1) is 8.75. The van der Waals surface area contributed by atoms with Gasteiger partial charge in [-0.3, -0.25) is 4.79 Å². The van der Waals surface area contributed by atoms with Gasteiger partial charge in [0.05, 0.1) is 3.92 Å². The number of hydrogen-bond donors (Lipinski definition) is 0. The van der Waals surface area contributed by atoms with E-state index in [0.717, 1.165) is 11.5 Å². The molecule has 0 aliphatic rings. The van der Waals surface area contributed by atoms with Crippen LogP contribution in [-0.2, 0) is 4.79 Å². The summed E-state index contributed by atoms with van der Waals surface area (Å²) in [7, 11) is 0. The fourth-order valence-corrected chi connectivity index (χ4v) is 1.53. The molecule has 0 spiro atoms. The van der Waals surface area contributed by atoms with Gasteiger partial charge in [-0.05, 0) is 5.75 Å². The van der Waals surface area contributed by atoms with E-state index in [1.807, 2.05) is 6.29 Å². The van der Waals surface area contributed by atoms with Crippen molar-refractivity contribution in [3.63, 3.8) is 0 Å². The van der Waals surface area contributed by atoms with Gasteiger partial charge in [-0.15, -0.1) is 0 Å². The molecule has 0 N–H and O–H groups in total. The summed E-state index contributed by atoms with van der Waals surface area (Å²) >= 11 is 3.86. The number of carbonyl (C=O) groups excluding carboxylic acids is 1. The molecule has 0 aliphatic heterocycles. The minimum absolute atomic E-state index is 0.0811. The highest BCUT2D eigenvalue weighted by molar-refractivity contribution is 14.1. The first-order valence-corrected chi connectivity index (χ1v) is 4.80. The molecule has 0 aromatic heterocycles. The van der Waals surface area contributed by atoms with Crippen molar-refractivity contribution in [2.75, 3.05) is 11.5 Å². The highest BCUT2D eigenvalue weighted by Crippen LogP contribution is 2.06. The number of hydrogen-bond acceptors (Lipinski definition) is 2. The summed E-state index contributed by atoms with van der Waals surface area (Å²) in [6, 6.07) is 0. The Morgan fingerprint density at radius 2 is 2.50 bits per heavy atom. The Bertz CT molecular complexity index is 67.4. The SMILES string of the molecule is CCSCC(I)[C]=O. The second-order valence-electron chi connectivity index (χ2n) is 1.24. The van der Waals surface area contributed by atoms with Crippen molar-refractivity contribution in [2.24, 2.45) is 0 Å². The third-order valence-corrected chi connectivity index (χ3v) is 2.87. The predicted octanol–water partition coefficient (Wildman–Crippen LogP) is 1.65. The largest absolute Gasteiger partial charge is 0.290 e. The van der Waals surface area contributed by atoms with E-state index in [-0.39, 0.29) is 3.92 Å². The third kappa shape index (κ3) is 4.90. The van der Waals surface area contributed by atoms with E-state index in [2.05, 4.69) is 29.5 Å². The molecule has 0 saturated heterocycles. The highest BCUT2D eigenvalue weighted by Gasteiger charge is 1.99. The molecule has 0 aromatic carbocycles. The topological polar surface area (TPSA) is 17.1 Å². The number of halogens is 1. The molecule has 1 radical (unpaired) electrons. The van der Waals surface area contributed by atoms with Crippen LogP contribution in [0.15, 0.2) is 0 Å². The van der Waals surface area contributed by atoms with Crippen molar-refractivity contribution >= 4 is 40.6 Å². The Morgan fingerprint density at radius 1 is 1.88 bits per heavy atom. The van der Waals surface area contributed by atoms with Crippen molar-refractivity contribution in [1.29, 1.82) is 0 Å². The lowest BCUT2D eigenvalue weighted by Crippen LogP contribution is -2.01. The normalized spacial score (nSPS) is 13.2. The molecule has 0 rings (SSSR count). The van der Waals surface area contributed by atoms with Gasteiger partial charge >= 0.3 is 0 Å². The molecule has 8 heavy (non-hydrogen) atoms. The van der Waals surface area contributed by atoms with Gasteiger partial charge in [0, 0.05) is 5.75 Å². The van der Waals surface area contributed by atoms with E-state index in [1.54, 1.807) is 11.8 Å². The van der Waals surface area contributed by atoms with E-state index < -0.39 is 0 Å². The molecule has 3 heteroatoms. The molecule has 1 atom stereocenters. The Morgan fingerprint density at radius 3 is 2.88 bits per heavy atom. The van der Waals surface area contributed by atoms with Crippen LogP contribution in [0, 0.1) is 0 Å². The van der Waals surface area contributed by atoms with Crippen LogP contribution in [0.2, 0.25) is 0 Å². The van der Waals surface area contributed by atoms with Crippen LogP contribution in [0.5, 0.6) is 0 Å². The maximum Gasteiger partial charge on any atom is 0.213 e. The molecule has 0 saturated carbocycles. The van der Waals surface area contributed by atoms with Gasteiger partial charge in [0.1, 0.15) is 0 Å². The second kappa shape index (κ2) is 5.88. The Labute approximate surface area is 67.7 Å². The Balaban J connectivity index is 2.98. The van der Waals surface area contributed by atoms with Crippen molar-refractivity contribution in [1.82, 2.24) is 0 Å². The van der Waals surface area contributed by atoms with E-state index in [4.69, 9.17) is 0 Å². The van der Waals surface area contributed by atoms with Crippen LogP contribution < -0.4 is 0 Å². The molecule has 0 heterocycles. The maximum absolute atomic E-state index is 9.86. The summed E-state index contributed by atoms with van der Waals surface area (Å²) < 4.78 is 0.0811. The number of alkyl halides is 1. The van der Waals surface area contributed by atoms with Gasteiger partial charge in [-0.2, -0.15) is 11.8 Å². The smallest absolute Gasteiger partial charge is 0.213 e. The zero-order valence-corrected chi connectivity index (χ0v) is 7.66. The van der Waals surface area contributed by atoms with Crippen molar-refractivity contribution in [3.8, 4) is 0 Å². The van der Waals surface area contributed by atoms with E-state index in [0.29, 0.717) is 0 Å². The monoisotopic (exact) mass is 243 g/mol. The van der Waals surface area contributed by atoms with Crippen LogP contribution in [0.3, 0.4) is 0 Å². The van der Waals surface area contributed by atoms with Gasteiger partial charge in [0.15, 0.2) is 0 Å². The number of thioether (sulfide) groups is 1. The van der Waals surface area contributed by atoms with Crippen LogP contribution in [-0.4, -0.2) is 21.7 Å². The molecule has 0 aliphatic carbocycles. The van der Waals surface area contributed by atoms with Gasteiger partial charge in [-0.25, -0.2) is 0 Å². The second-order valence-corrected chi connectivity index (χ2v) is 4.07. The van der Waals surface area contributed by atoms with Crippen LogP contribution in [0.25, 0.3) is 0 Å². The zero-order chi connectivity index (χ0) is 6.41. The van der Waals surface area contributed by atoms with Gasteiger partial charge < -0.3 is 0 Å². The predicted molar refractivity (Wildman–Crippen MR) is 46.5 cm³/mol. The quantitative estimate of drug-likeness (QED) is 0.551. The number of rotatable bonds is 4. The molecule has 0 bridgehead atoms. The fraction of sp³-hybridized carbons (Fsp3) is 0.800. The summed E-state index contributed by atoms with van der Waals surface area (Å²) in [5.74, 6) is 1.99. The lowest BCUT2D eigenvalue weighted by molar-refractivity contribution is 0.556. The average molecular weight is 243 g/mol. The molecule has 1 unspecified atom stereocenters. The van der Waals surface area contributed by atoms with Gasteiger partial charge in [-0.1, -0.05) is 29.5 Å². The standard InChI is InChI=1S/C5H8IOS/c1-2-8-4-5(6)3-7/h5H,2,4H2,1H3. The molecular weight excluding hydrogens is 235 g/mol. The first-order chi connectivity index (χ1) is 3.81. The molecular formula is C5H8IOS. The lowest BCUT2D eigenvalue weighted by atomic mass is 10.6.